The van der Waals surface area contributed by atoms with Crippen LogP contribution in [-0.4, -0.2) is 24.6 Å². The van der Waals surface area contributed by atoms with Crippen molar-refractivity contribution in [3.05, 3.63) is 53.3 Å². The van der Waals surface area contributed by atoms with Gasteiger partial charge in [-0.3, -0.25) is 0 Å². The maximum absolute atomic E-state index is 12.2. The first-order chi connectivity index (χ1) is 10.3. The van der Waals surface area contributed by atoms with Gasteiger partial charge in [-0.15, -0.1) is 0 Å². The quantitative estimate of drug-likeness (QED) is 0.855. The van der Waals surface area contributed by atoms with Crippen molar-refractivity contribution in [3.8, 4) is 0 Å². The third-order valence-electron chi connectivity index (χ3n) is 3.82. The van der Waals surface area contributed by atoms with E-state index >= 15 is 0 Å². The Labute approximate surface area is 131 Å². The molecule has 120 valence electrons. The summed E-state index contributed by atoms with van der Waals surface area (Å²) >= 11 is 0. The third kappa shape index (κ3) is 3.76. The van der Waals surface area contributed by atoms with Gasteiger partial charge in [0.25, 0.3) is 0 Å². The zero-order chi connectivity index (χ0) is 16.3. The molecule has 1 unspecified atom stereocenters. The van der Waals surface area contributed by atoms with Gasteiger partial charge in [-0.05, 0) is 55.7 Å². The molecular weight excluding hydrogens is 300 g/mol. The molecule has 2 aromatic rings. The number of rotatable bonds is 6. The molecule has 0 bridgehead atoms. The van der Waals surface area contributed by atoms with Gasteiger partial charge < -0.3 is 9.67 Å². The van der Waals surface area contributed by atoms with Gasteiger partial charge in [0, 0.05) is 25.5 Å². The predicted molar refractivity (Wildman–Crippen MR) is 86.1 cm³/mol. The molecule has 1 heterocycles. The van der Waals surface area contributed by atoms with Crippen LogP contribution in [0, 0.1) is 13.8 Å². The molecule has 0 aliphatic carbocycles. The second kappa shape index (κ2) is 6.64. The van der Waals surface area contributed by atoms with Crippen molar-refractivity contribution in [1.29, 1.82) is 0 Å². The topological polar surface area (TPSA) is 71.3 Å². The molecule has 2 rings (SSSR count). The average molecular weight is 322 g/mol. The molecule has 22 heavy (non-hydrogen) atoms. The first kappa shape index (κ1) is 16.7. The van der Waals surface area contributed by atoms with Crippen LogP contribution in [0.5, 0.6) is 0 Å². The number of aliphatic hydroxyl groups is 1. The van der Waals surface area contributed by atoms with Crippen LogP contribution >= 0.6 is 0 Å². The van der Waals surface area contributed by atoms with Gasteiger partial charge in [-0.1, -0.05) is 6.07 Å². The number of aliphatic hydroxyl groups excluding tert-OH is 1. The summed E-state index contributed by atoms with van der Waals surface area (Å²) in [6.07, 6.45) is 1.47. The molecule has 0 fully saturated rings. The maximum atomic E-state index is 12.2. The monoisotopic (exact) mass is 322 g/mol. The van der Waals surface area contributed by atoms with Crippen molar-refractivity contribution < 1.29 is 13.5 Å². The molecule has 0 spiro atoms. The van der Waals surface area contributed by atoms with E-state index in [0.717, 1.165) is 16.8 Å². The summed E-state index contributed by atoms with van der Waals surface area (Å²) in [6.45, 7) is 4.00. The van der Waals surface area contributed by atoms with Gasteiger partial charge in [0.05, 0.1) is 11.0 Å². The lowest BCUT2D eigenvalue weighted by Gasteiger charge is -2.13. The molecule has 5 nitrogen and oxygen atoms in total. The number of sulfonamides is 1. The van der Waals surface area contributed by atoms with Crippen LogP contribution in [0.25, 0.3) is 0 Å². The van der Waals surface area contributed by atoms with Crippen LogP contribution in [0.15, 0.2) is 41.4 Å². The standard InChI is InChI=1S/C16H22N2O3S/c1-12-6-7-14(11-13(12)2)22(20,21)17-9-8-16(19)15-5-4-10-18(15)3/h4-7,10-11,16-17,19H,8-9H2,1-3H3. The third-order valence-corrected chi connectivity index (χ3v) is 5.28. The van der Waals surface area contributed by atoms with Gasteiger partial charge in [-0.25, -0.2) is 13.1 Å². The summed E-state index contributed by atoms with van der Waals surface area (Å²) in [7, 11) is -1.70. The summed E-state index contributed by atoms with van der Waals surface area (Å²) < 4.78 is 28.8. The van der Waals surface area contributed by atoms with Crippen LogP contribution in [-0.2, 0) is 17.1 Å². The van der Waals surface area contributed by atoms with Gasteiger partial charge in [0.2, 0.25) is 10.0 Å². The van der Waals surface area contributed by atoms with Gasteiger partial charge in [-0.2, -0.15) is 0 Å². The van der Waals surface area contributed by atoms with E-state index in [0.29, 0.717) is 6.42 Å². The summed E-state index contributed by atoms with van der Waals surface area (Å²) in [6, 6.07) is 8.71. The number of benzene rings is 1. The number of nitrogens with zero attached hydrogens (tertiary/aromatic N) is 1. The molecule has 0 amide bonds. The highest BCUT2D eigenvalue weighted by Crippen LogP contribution is 2.17. The Bertz CT molecular complexity index is 751. The summed E-state index contributed by atoms with van der Waals surface area (Å²) in [4.78, 5) is 0.254. The molecule has 0 aliphatic heterocycles. The van der Waals surface area contributed by atoms with Crippen molar-refractivity contribution in [2.75, 3.05) is 6.54 Å². The Kier molecular flexibility index (Phi) is 5.05. The number of hydrogen-bond donors (Lipinski definition) is 2. The Balaban J connectivity index is 1.98. The number of nitrogens with one attached hydrogen (secondary N) is 1. The summed E-state index contributed by atoms with van der Waals surface area (Å²) in [5.41, 5.74) is 2.76. The van der Waals surface area contributed by atoms with Crippen molar-refractivity contribution in [1.82, 2.24) is 9.29 Å². The summed E-state index contributed by atoms with van der Waals surface area (Å²) in [5, 5.41) is 10.1. The number of hydrogen-bond acceptors (Lipinski definition) is 3. The Morgan fingerprint density at radius 2 is 1.95 bits per heavy atom. The Morgan fingerprint density at radius 1 is 1.23 bits per heavy atom. The predicted octanol–water partition coefficient (Wildman–Crippen LogP) is 2.04. The fraction of sp³-hybridized carbons (Fsp3) is 0.375. The number of aryl methyl sites for hydroxylation is 3. The van der Waals surface area contributed by atoms with E-state index in [1.165, 1.54) is 0 Å². The molecule has 0 saturated heterocycles. The fourth-order valence-corrected chi connectivity index (χ4v) is 3.40. The van der Waals surface area contributed by atoms with Crippen LogP contribution in [0.4, 0.5) is 0 Å². The molecular formula is C16H22N2O3S. The highest BCUT2D eigenvalue weighted by Gasteiger charge is 2.16. The van der Waals surface area contributed by atoms with Crippen LogP contribution in [0.3, 0.4) is 0 Å². The smallest absolute Gasteiger partial charge is 0.240 e. The van der Waals surface area contributed by atoms with Crippen LogP contribution in [0.2, 0.25) is 0 Å². The van der Waals surface area contributed by atoms with E-state index < -0.39 is 16.1 Å². The minimum Gasteiger partial charge on any atom is -0.387 e. The molecule has 0 saturated carbocycles. The minimum absolute atomic E-state index is 0.182. The van der Waals surface area contributed by atoms with Gasteiger partial charge >= 0.3 is 0 Å². The van der Waals surface area contributed by atoms with E-state index in [1.54, 1.807) is 18.2 Å². The van der Waals surface area contributed by atoms with E-state index in [1.807, 2.05) is 43.8 Å². The second-order valence-electron chi connectivity index (χ2n) is 5.49. The lowest BCUT2D eigenvalue weighted by atomic mass is 10.1. The highest BCUT2D eigenvalue weighted by atomic mass is 32.2. The lowest BCUT2D eigenvalue weighted by Crippen LogP contribution is -2.26. The first-order valence-corrected chi connectivity index (χ1v) is 8.66. The van der Waals surface area contributed by atoms with Crippen molar-refractivity contribution >= 4 is 10.0 Å². The van der Waals surface area contributed by atoms with Gasteiger partial charge in [0.15, 0.2) is 0 Å². The zero-order valence-corrected chi connectivity index (χ0v) is 13.9. The largest absolute Gasteiger partial charge is 0.387 e. The zero-order valence-electron chi connectivity index (χ0n) is 13.1. The fourth-order valence-electron chi connectivity index (χ4n) is 2.26. The normalized spacial score (nSPS) is 13.3. The molecule has 6 heteroatoms. The van der Waals surface area contributed by atoms with Crippen molar-refractivity contribution in [2.24, 2.45) is 7.05 Å². The van der Waals surface area contributed by atoms with Gasteiger partial charge in [0.1, 0.15) is 0 Å². The van der Waals surface area contributed by atoms with E-state index in [9.17, 15) is 13.5 Å². The average Bonchev–Trinajstić information content (AvgIpc) is 2.87. The maximum Gasteiger partial charge on any atom is 0.240 e. The molecule has 1 atom stereocenters. The lowest BCUT2D eigenvalue weighted by molar-refractivity contribution is 0.161. The number of aromatic nitrogens is 1. The molecule has 1 aromatic carbocycles. The molecule has 0 radical (unpaired) electrons. The molecule has 2 N–H and O–H groups in total. The van der Waals surface area contributed by atoms with E-state index in [4.69, 9.17) is 0 Å². The summed E-state index contributed by atoms with van der Waals surface area (Å²) in [5.74, 6) is 0. The Morgan fingerprint density at radius 3 is 2.55 bits per heavy atom. The Hall–Kier alpha value is -1.63. The molecule has 0 aliphatic rings. The SMILES string of the molecule is Cc1ccc(S(=O)(=O)NCCC(O)c2cccn2C)cc1C. The van der Waals surface area contributed by atoms with Crippen molar-refractivity contribution in [2.45, 2.75) is 31.3 Å². The first-order valence-electron chi connectivity index (χ1n) is 7.17. The minimum atomic E-state index is -3.54. The van der Waals surface area contributed by atoms with E-state index in [-0.39, 0.29) is 11.4 Å². The van der Waals surface area contributed by atoms with Crippen LogP contribution in [0.1, 0.15) is 29.3 Å². The van der Waals surface area contributed by atoms with Crippen LogP contribution < -0.4 is 4.72 Å². The van der Waals surface area contributed by atoms with Crippen molar-refractivity contribution in [3.63, 3.8) is 0 Å². The van der Waals surface area contributed by atoms with E-state index in [2.05, 4.69) is 4.72 Å². The highest BCUT2D eigenvalue weighted by molar-refractivity contribution is 7.89. The molecule has 1 aromatic heterocycles. The second-order valence-corrected chi connectivity index (χ2v) is 7.26.